The second-order valence-corrected chi connectivity index (χ2v) is 15.7. The van der Waals surface area contributed by atoms with E-state index in [-0.39, 0.29) is 17.7 Å². The highest BCUT2D eigenvalue weighted by Crippen LogP contribution is 2.33. The molecule has 21 heteroatoms. The summed E-state index contributed by atoms with van der Waals surface area (Å²) in [5.74, 6) is -3.31. The number of carboxylic acids is 2. The maximum atomic E-state index is 12.3. The predicted octanol–water partition coefficient (Wildman–Crippen LogP) is 1.95. The lowest BCUT2D eigenvalue weighted by Gasteiger charge is -2.25. The molecule has 0 aromatic heterocycles. The summed E-state index contributed by atoms with van der Waals surface area (Å²) in [5.41, 5.74) is 0.900. The van der Waals surface area contributed by atoms with Crippen molar-refractivity contribution in [2.45, 2.75) is 24.4 Å². The topological polar surface area (TPSA) is 255 Å². The van der Waals surface area contributed by atoms with Gasteiger partial charge < -0.3 is 56.4 Å². The van der Waals surface area contributed by atoms with Gasteiger partial charge in [0.1, 0.15) is 31.5 Å². The van der Waals surface area contributed by atoms with Gasteiger partial charge in [0.05, 0.1) is 42.4 Å². The Hall–Kier alpha value is 0.420. The molecule has 2 amide bonds. The molecular weight excluding hydrogens is 1300 g/mol. The molecule has 0 aliphatic heterocycles. The summed E-state index contributed by atoms with van der Waals surface area (Å²) in [4.78, 5) is 47.6. The zero-order valence-corrected chi connectivity index (χ0v) is 36.2. The van der Waals surface area contributed by atoms with Gasteiger partial charge >= 0.3 is 11.9 Å². The maximum absolute atomic E-state index is 12.3. The van der Waals surface area contributed by atoms with E-state index in [0.717, 1.165) is 0 Å². The summed E-state index contributed by atoms with van der Waals surface area (Å²) in [5, 5.41) is 71.5. The molecule has 2 aromatic rings. The van der Waals surface area contributed by atoms with Crippen molar-refractivity contribution >= 4 is 171 Å². The quantitative estimate of drug-likeness (QED) is 0.122. The van der Waals surface area contributed by atoms with Gasteiger partial charge in [0.25, 0.3) is 0 Å². The molecule has 10 N–H and O–H groups in total. The van der Waals surface area contributed by atoms with E-state index >= 15 is 0 Å². The van der Waals surface area contributed by atoms with E-state index in [4.69, 9.17) is 25.2 Å². The molecule has 256 valence electrons. The highest BCUT2D eigenvalue weighted by atomic mass is 127. The van der Waals surface area contributed by atoms with Gasteiger partial charge in [-0.15, -0.1) is 0 Å². The van der Waals surface area contributed by atoms with Crippen molar-refractivity contribution in [3.8, 4) is 0 Å². The third-order valence-electron chi connectivity index (χ3n) is 5.50. The van der Waals surface area contributed by atoms with Gasteiger partial charge in [-0.1, -0.05) is 0 Å². The van der Waals surface area contributed by atoms with Crippen LogP contribution >= 0.6 is 136 Å². The molecule has 0 saturated heterocycles. The van der Waals surface area contributed by atoms with Gasteiger partial charge in [-0.2, -0.15) is 0 Å². The number of aliphatic hydroxyl groups is 5. The van der Waals surface area contributed by atoms with Crippen molar-refractivity contribution in [1.29, 1.82) is 0 Å². The Morgan fingerprint density at radius 3 is 1.39 bits per heavy atom. The Kier molecular flexibility index (Phi) is 20.9. The van der Waals surface area contributed by atoms with E-state index in [2.05, 4.69) is 16.0 Å². The van der Waals surface area contributed by atoms with Crippen LogP contribution in [0.25, 0.3) is 0 Å². The van der Waals surface area contributed by atoms with Gasteiger partial charge in [-0.05, 0) is 155 Å². The number of carbonyl (C=O) groups excluding carboxylic acids is 2. The number of halogens is 6. The fourth-order valence-electron chi connectivity index (χ4n) is 3.28. The molecular formula is C25H27I6N3O12. The standard InChI is InChI=1S/C18H10I6N2O7.C7H17NO5/c19-5-1-7(21)15(13(23)11(5)17(29)30)25-9(27)3-33-4-10(28)26-16-8(22)2-6(20)12(14(16)24)18(31)32;1-8-2-4(10)6(12)7(13)5(11)3-9/h1-2H,3-4H2,(H,25,27)(H,26,28)(H,29,30)(H,31,32);4-13H,2-3H2,1H3/t;4-,5+,6+,7+/m.1/s1. The molecule has 0 aliphatic carbocycles. The lowest BCUT2D eigenvalue weighted by Crippen LogP contribution is -2.48. The Morgan fingerprint density at radius 1 is 0.696 bits per heavy atom. The molecule has 0 saturated carbocycles. The summed E-state index contributed by atoms with van der Waals surface area (Å²) < 4.78 is 8.39. The number of amides is 2. The first-order chi connectivity index (χ1) is 21.4. The summed E-state index contributed by atoms with van der Waals surface area (Å²) in [6.07, 6.45) is -5.65. The number of hydrogen-bond donors (Lipinski definition) is 10. The average Bonchev–Trinajstić information content (AvgIpc) is 2.96. The number of likely N-dealkylation sites (N-methyl/N-ethyl adjacent to an activating group) is 1. The van der Waals surface area contributed by atoms with Crippen LogP contribution < -0.4 is 16.0 Å². The van der Waals surface area contributed by atoms with Crippen molar-refractivity contribution < 1.29 is 59.7 Å². The SMILES string of the molecule is CNC[C@@H](O)[C@H](O)[C@@H](O)[C@@H](O)CO.O=C(COCC(=O)Nc1c(I)cc(I)c(C(=O)O)c1I)Nc1c(I)cc(I)c(C(=O)O)c1I. The van der Waals surface area contributed by atoms with Crippen LogP contribution in [-0.4, -0.2) is 117 Å². The first-order valence-electron chi connectivity index (χ1n) is 12.4. The number of carboxylic acid groups (broad SMARTS) is 2. The highest BCUT2D eigenvalue weighted by Gasteiger charge is 2.29. The molecule has 0 unspecified atom stereocenters. The summed E-state index contributed by atoms with van der Waals surface area (Å²) in [6, 6.07) is 3.29. The van der Waals surface area contributed by atoms with E-state index in [1.165, 1.54) is 0 Å². The third-order valence-corrected chi connectivity index (χ3v) is 11.1. The van der Waals surface area contributed by atoms with E-state index in [0.29, 0.717) is 32.8 Å². The first-order valence-corrected chi connectivity index (χ1v) is 18.8. The minimum atomic E-state index is -1.55. The van der Waals surface area contributed by atoms with E-state index in [1.54, 1.807) is 19.2 Å². The van der Waals surface area contributed by atoms with Crippen molar-refractivity contribution in [2.24, 2.45) is 0 Å². The van der Waals surface area contributed by atoms with Gasteiger partial charge in [-0.25, -0.2) is 9.59 Å². The maximum Gasteiger partial charge on any atom is 0.337 e. The third kappa shape index (κ3) is 13.3. The number of anilines is 2. The van der Waals surface area contributed by atoms with Crippen molar-refractivity contribution in [1.82, 2.24) is 5.32 Å². The van der Waals surface area contributed by atoms with Crippen molar-refractivity contribution in [3.05, 3.63) is 44.7 Å². The molecule has 0 spiro atoms. The minimum absolute atomic E-state index is 0.0923. The van der Waals surface area contributed by atoms with Gasteiger partial charge in [0.2, 0.25) is 11.8 Å². The number of carbonyl (C=O) groups is 4. The smallest absolute Gasteiger partial charge is 0.337 e. The summed E-state index contributed by atoms with van der Waals surface area (Å²) in [6.45, 7) is -1.44. The number of hydrogen-bond acceptors (Lipinski definition) is 11. The molecule has 0 aliphatic rings. The second-order valence-electron chi connectivity index (χ2n) is 8.86. The van der Waals surface area contributed by atoms with Crippen LogP contribution in [0, 0.1) is 21.4 Å². The van der Waals surface area contributed by atoms with E-state index < -0.39 is 68.0 Å². The van der Waals surface area contributed by atoms with Gasteiger partial charge in [-0.3, -0.25) is 9.59 Å². The lowest BCUT2D eigenvalue weighted by atomic mass is 10.0. The molecule has 0 bridgehead atoms. The molecule has 15 nitrogen and oxygen atoms in total. The number of nitrogens with one attached hydrogen (secondary N) is 3. The van der Waals surface area contributed by atoms with Crippen LogP contribution in [0.15, 0.2) is 12.1 Å². The Labute approximate surface area is 344 Å². The first kappa shape index (κ1) is 44.4. The molecule has 0 heterocycles. The van der Waals surface area contributed by atoms with Crippen LogP contribution in [-0.2, 0) is 14.3 Å². The molecule has 46 heavy (non-hydrogen) atoms. The van der Waals surface area contributed by atoms with Crippen molar-refractivity contribution in [3.63, 3.8) is 0 Å². The minimum Gasteiger partial charge on any atom is -0.478 e. The van der Waals surface area contributed by atoms with Gasteiger partial charge in [0.15, 0.2) is 0 Å². The van der Waals surface area contributed by atoms with Crippen LogP contribution in [0.2, 0.25) is 0 Å². The predicted molar refractivity (Wildman–Crippen MR) is 216 cm³/mol. The number of ether oxygens (including phenoxy) is 1. The number of rotatable bonds is 14. The van der Waals surface area contributed by atoms with E-state index in [9.17, 15) is 34.5 Å². The second kappa shape index (κ2) is 21.6. The monoisotopic (exact) mass is 1320 g/mol. The molecule has 2 aromatic carbocycles. The summed E-state index contributed by atoms with van der Waals surface area (Å²) in [7, 11) is 1.57. The fraction of sp³-hybridized carbons (Fsp3) is 0.360. The Morgan fingerprint density at radius 2 is 1.07 bits per heavy atom. The zero-order valence-electron chi connectivity index (χ0n) is 23.2. The number of aromatic carboxylic acids is 2. The number of aliphatic hydroxyl groups excluding tert-OH is 5. The lowest BCUT2D eigenvalue weighted by molar-refractivity contribution is -0.125. The van der Waals surface area contributed by atoms with Gasteiger partial charge in [0, 0.05) is 20.8 Å². The zero-order chi connectivity index (χ0) is 35.5. The highest BCUT2D eigenvalue weighted by molar-refractivity contribution is 14.1. The fourth-order valence-corrected chi connectivity index (χ4v) is 11.5. The molecule has 2 rings (SSSR count). The van der Waals surface area contributed by atoms with E-state index in [1.807, 2.05) is 136 Å². The van der Waals surface area contributed by atoms with Crippen LogP contribution in [0.3, 0.4) is 0 Å². The molecule has 4 atom stereocenters. The van der Waals surface area contributed by atoms with Crippen LogP contribution in [0.1, 0.15) is 20.7 Å². The van der Waals surface area contributed by atoms with Crippen LogP contribution in [0.5, 0.6) is 0 Å². The Balaban J connectivity index is 0.000000685. The number of benzene rings is 2. The Bertz CT molecular complexity index is 1340. The largest absolute Gasteiger partial charge is 0.478 e. The molecule has 0 radical (unpaired) electrons. The van der Waals surface area contributed by atoms with Crippen molar-refractivity contribution in [2.75, 3.05) is 44.0 Å². The summed E-state index contributed by atoms with van der Waals surface area (Å²) >= 11 is 11.6. The molecule has 0 fully saturated rings. The normalized spacial score (nSPS) is 13.5. The van der Waals surface area contributed by atoms with Crippen LogP contribution in [0.4, 0.5) is 11.4 Å². The average molecular weight is 1320 g/mol.